The van der Waals surface area contributed by atoms with Crippen molar-refractivity contribution in [1.29, 1.82) is 0 Å². The molecule has 0 spiro atoms. The lowest BCUT2D eigenvalue weighted by molar-refractivity contribution is -0.562. The van der Waals surface area contributed by atoms with Crippen LogP contribution in [0.15, 0.2) is 5.16 Å². The molecule has 1 heterocycles. The van der Waals surface area contributed by atoms with Crippen LogP contribution < -0.4 is 0 Å². The maximum atomic E-state index is 9.74. The fraction of sp³-hybridized carbons (Fsp3) is 0.333. The molecule has 1 aliphatic rings. The second kappa shape index (κ2) is 1.77. The first-order chi connectivity index (χ1) is 3.80. The molecule has 1 rings (SSSR count). The van der Waals surface area contributed by atoms with Gasteiger partial charge in [-0.25, -0.2) is 0 Å². The standard InChI is InChI=1S/C3H2N2O3/c6-5(7)3-1-2-4-8-3/h2-3H. The molecule has 0 amide bonds. The van der Waals surface area contributed by atoms with Gasteiger partial charge in [-0.3, -0.25) is 10.1 Å². The fourth-order valence-corrected chi connectivity index (χ4v) is 0.312. The SMILES string of the molecule is O=[N+]([O-])C1[C]C=NO1. The summed E-state index contributed by atoms with van der Waals surface area (Å²) < 4.78 is 0. The Hall–Kier alpha value is -1.13. The highest BCUT2D eigenvalue weighted by molar-refractivity contribution is 5.68. The molecular weight excluding hydrogens is 112 g/mol. The van der Waals surface area contributed by atoms with Gasteiger partial charge in [0.15, 0.2) is 6.42 Å². The molecule has 0 aromatic carbocycles. The Bertz CT molecular complexity index is 124. The van der Waals surface area contributed by atoms with E-state index in [1.807, 2.05) is 0 Å². The Kier molecular flexibility index (Phi) is 1.11. The van der Waals surface area contributed by atoms with Crippen LogP contribution in [0.4, 0.5) is 0 Å². The third kappa shape index (κ3) is 0.749. The van der Waals surface area contributed by atoms with E-state index in [0.29, 0.717) is 0 Å². The molecule has 1 atom stereocenters. The van der Waals surface area contributed by atoms with Crippen LogP contribution in [0.3, 0.4) is 0 Å². The molecule has 0 N–H and O–H groups in total. The van der Waals surface area contributed by atoms with Crippen LogP contribution in [0, 0.1) is 16.5 Å². The third-order valence-electron chi connectivity index (χ3n) is 0.622. The van der Waals surface area contributed by atoms with Gasteiger partial charge in [0.1, 0.15) is 0 Å². The Morgan fingerprint density at radius 3 is 3.00 bits per heavy atom. The Morgan fingerprint density at radius 1 is 2.00 bits per heavy atom. The van der Waals surface area contributed by atoms with E-state index in [9.17, 15) is 10.1 Å². The summed E-state index contributed by atoms with van der Waals surface area (Å²) in [7, 11) is 0. The minimum absolute atomic E-state index is 0.618. The molecular formula is C3H2N2O3. The molecule has 0 fully saturated rings. The molecule has 8 heavy (non-hydrogen) atoms. The maximum absolute atomic E-state index is 9.74. The van der Waals surface area contributed by atoms with Crippen molar-refractivity contribution >= 4 is 6.21 Å². The molecule has 5 nitrogen and oxygen atoms in total. The van der Waals surface area contributed by atoms with Crippen molar-refractivity contribution in [2.24, 2.45) is 5.16 Å². The largest absolute Gasteiger partial charge is 0.388 e. The lowest BCUT2D eigenvalue weighted by Gasteiger charge is -1.94. The van der Waals surface area contributed by atoms with Crippen LogP contribution in [0.25, 0.3) is 0 Å². The van der Waals surface area contributed by atoms with Crippen molar-refractivity contribution in [3.63, 3.8) is 0 Å². The zero-order valence-electron chi connectivity index (χ0n) is 3.77. The molecule has 5 heteroatoms. The molecule has 1 aliphatic heterocycles. The normalized spacial score (nSPS) is 25.2. The van der Waals surface area contributed by atoms with Crippen LogP contribution in [-0.2, 0) is 4.84 Å². The summed E-state index contributed by atoms with van der Waals surface area (Å²) in [6.07, 6.45) is 2.19. The first-order valence-electron chi connectivity index (χ1n) is 1.88. The van der Waals surface area contributed by atoms with Gasteiger partial charge < -0.3 is 4.84 Å². The van der Waals surface area contributed by atoms with Gasteiger partial charge in [0, 0.05) is 0 Å². The number of rotatable bonds is 1. The van der Waals surface area contributed by atoms with Gasteiger partial charge in [-0.2, -0.15) is 0 Å². The second-order valence-electron chi connectivity index (χ2n) is 1.14. The quantitative estimate of drug-likeness (QED) is 0.347. The van der Waals surface area contributed by atoms with E-state index in [4.69, 9.17) is 0 Å². The van der Waals surface area contributed by atoms with E-state index in [1.165, 1.54) is 0 Å². The van der Waals surface area contributed by atoms with Gasteiger partial charge in [-0.05, 0) is 0 Å². The van der Waals surface area contributed by atoms with Crippen LogP contribution in [0.5, 0.6) is 0 Å². The van der Waals surface area contributed by atoms with E-state index < -0.39 is 11.2 Å². The molecule has 0 aromatic rings. The summed E-state index contributed by atoms with van der Waals surface area (Å²) in [5.41, 5.74) is 0. The number of nitro groups is 1. The number of hydrogen-bond acceptors (Lipinski definition) is 4. The predicted molar refractivity (Wildman–Crippen MR) is 23.6 cm³/mol. The molecule has 0 aromatic heterocycles. The topological polar surface area (TPSA) is 64.7 Å². The van der Waals surface area contributed by atoms with Crippen molar-refractivity contribution in [3.05, 3.63) is 16.5 Å². The molecule has 0 aliphatic carbocycles. The minimum atomic E-state index is -1.19. The van der Waals surface area contributed by atoms with Gasteiger partial charge >= 0.3 is 6.23 Å². The molecule has 0 saturated heterocycles. The van der Waals surface area contributed by atoms with Crippen molar-refractivity contribution in [2.45, 2.75) is 6.23 Å². The molecule has 42 valence electrons. The van der Waals surface area contributed by atoms with E-state index in [0.717, 1.165) is 6.21 Å². The van der Waals surface area contributed by atoms with Crippen molar-refractivity contribution in [2.75, 3.05) is 0 Å². The van der Waals surface area contributed by atoms with E-state index >= 15 is 0 Å². The monoisotopic (exact) mass is 114 g/mol. The Balaban J connectivity index is 2.41. The lowest BCUT2D eigenvalue weighted by atomic mass is 10.4. The molecule has 1 unspecified atom stereocenters. The Morgan fingerprint density at radius 2 is 2.75 bits per heavy atom. The maximum Gasteiger partial charge on any atom is 0.388 e. The van der Waals surface area contributed by atoms with Crippen molar-refractivity contribution in [1.82, 2.24) is 0 Å². The van der Waals surface area contributed by atoms with Gasteiger partial charge in [0.2, 0.25) is 0 Å². The first kappa shape index (κ1) is 5.02. The van der Waals surface area contributed by atoms with Gasteiger partial charge in [-0.1, -0.05) is 5.16 Å². The highest BCUT2D eigenvalue weighted by atomic mass is 16.7. The molecule has 0 saturated carbocycles. The minimum Gasteiger partial charge on any atom is -0.321 e. The van der Waals surface area contributed by atoms with Crippen LogP contribution in [0.1, 0.15) is 0 Å². The summed E-state index contributed by atoms with van der Waals surface area (Å²) >= 11 is 0. The summed E-state index contributed by atoms with van der Waals surface area (Å²) in [5, 5.41) is 12.8. The van der Waals surface area contributed by atoms with Crippen molar-refractivity contribution in [3.8, 4) is 0 Å². The number of hydrogen-bond donors (Lipinski definition) is 0. The lowest BCUT2D eigenvalue weighted by Crippen LogP contribution is -2.17. The molecule has 0 bridgehead atoms. The average molecular weight is 114 g/mol. The van der Waals surface area contributed by atoms with E-state index in [2.05, 4.69) is 16.4 Å². The molecule has 2 radical (unpaired) electrons. The predicted octanol–water partition coefficient (Wildman–Crippen LogP) is -0.314. The summed E-state index contributed by atoms with van der Waals surface area (Å²) in [4.78, 5) is 13.3. The fourth-order valence-electron chi connectivity index (χ4n) is 0.312. The smallest absolute Gasteiger partial charge is 0.321 e. The van der Waals surface area contributed by atoms with Gasteiger partial charge in [0.05, 0.1) is 11.1 Å². The zero-order chi connectivity index (χ0) is 5.98. The van der Waals surface area contributed by atoms with Crippen LogP contribution >= 0.6 is 0 Å². The van der Waals surface area contributed by atoms with Gasteiger partial charge in [-0.15, -0.1) is 0 Å². The van der Waals surface area contributed by atoms with Crippen molar-refractivity contribution < 1.29 is 9.76 Å². The number of oxime groups is 1. The highest BCUT2D eigenvalue weighted by Gasteiger charge is 2.25. The van der Waals surface area contributed by atoms with Crippen LogP contribution in [0.2, 0.25) is 0 Å². The first-order valence-corrected chi connectivity index (χ1v) is 1.88. The summed E-state index contributed by atoms with van der Waals surface area (Å²) in [6, 6.07) is 0. The number of nitrogens with zero attached hydrogens (tertiary/aromatic N) is 2. The third-order valence-corrected chi connectivity index (χ3v) is 0.622. The second-order valence-corrected chi connectivity index (χ2v) is 1.14. The summed E-state index contributed by atoms with van der Waals surface area (Å²) in [5.74, 6) is 0. The highest BCUT2D eigenvalue weighted by Crippen LogP contribution is 2.02. The summed E-state index contributed by atoms with van der Waals surface area (Å²) in [6.45, 7) is 0. The average Bonchev–Trinajstić information content (AvgIpc) is 2.12. The van der Waals surface area contributed by atoms with Gasteiger partial charge in [0.25, 0.3) is 0 Å². The zero-order valence-corrected chi connectivity index (χ0v) is 3.77. The van der Waals surface area contributed by atoms with E-state index in [1.54, 1.807) is 0 Å². The van der Waals surface area contributed by atoms with Crippen LogP contribution in [-0.4, -0.2) is 17.4 Å². The Labute approximate surface area is 45.1 Å². The van der Waals surface area contributed by atoms with E-state index in [-0.39, 0.29) is 0 Å².